The summed E-state index contributed by atoms with van der Waals surface area (Å²) in [5.74, 6) is 0.419. The van der Waals surface area contributed by atoms with Crippen LogP contribution >= 0.6 is 15.9 Å². The molecule has 1 aliphatic heterocycles. The Morgan fingerprint density at radius 1 is 1.58 bits per heavy atom. The molecule has 0 radical (unpaired) electrons. The zero-order valence-corrected chi connectivity index (χ0v) is 12.8. The fourth-order valence-corrected chi connectivity index (χ4v) is 2.76. The topological polar surface area (TPSA) is 73.4 Å². The minimum absolute atomic E-state index is 0.136. The average Bonchev–Trinajstić information content (AvgIpc) is 2.71. The lowest BCUT2D eigenvalue weighted by Gasteiger charge is -2.19. The molecule has 19 heavy (non-hydrogen) atoms. The van der Waals surface area contributed by atoms with Crippen molar-refractivity contribution in [2.75, 3.05) is 31.7 Å². The van der Waals surface area contributed by atoms with Gasteiger partial charge in [-0.25, -0.2) is 4.68 Å². The molecule has 0 spiro atoms. The highest BCUT2D eigenvalue weighted by atomic mass is 79.9. The number of hydrogen-bond acceptors (Lipinski definition) is 5. The standard InChI is InChI=1S/C12H19BrN4O2/c1-8-6-16(7-9(8)14)10-5-15-17(3-4-19-2)12(18)11(10)13/h5,8-9H,3-4,6-7,14H2,1-2H3. The van der Waals surface area contributed by atoms with E-state index in [1.54, 1.807) is 13.3 Å². The Labute approximate surface area is 120 Å². The van der Waals surface area contributed by atoms with Gasteiger partial charge in [-0.2, -0.15) is 5.10 Å². The van der Waals surface area contributed by atoms with Crippen molar-refractivity contribution in [2.24, 2.45) is 11.7 Å². The van der Waals surface area contributed by atoms with Crippen molar-refractivity contribution in [1.82, 2.24) is 9.78 Å². The second-order valence-corrected chi connectivity index (χ2v) is 5.70. The van der Waals surface area contributed by atoms with Gasteiger partial charge in [0.1, 0.15) is 4.47 Å². The van der Waals surface area contributed by atoms with Crippen LogP contribution in [0.3, 0.4) is 0 Å². The highest BCUT2D eigenvalue weighted by Crippen LogP contribution is 2.27. The molecular formula is C12H19BrN4O2. The van der Waals surface area contributed by atoms with Gasteiger partial charge in [0.05, 0.1) is 25.0 Å². The molecule has 2 unspecified atom stereocenters. The normalized spacial score (nSPS) is 23.1. The Kier molecular flexibility index (Phi) is 4.59. The number of anilines is 1. The second kappa shape index (κ2) is 6.02. The van der Waals surface area contributed by atoms with Crippen LogP contribution in [0.25, 0.3) is 0 Å². The van der Waals surface area contributed by atoms with Gasteiger partial charge < -0.3 is 15.4 Å². The van der Waals surface area contributed by atoms with Gasteiger partial charge in [0.25, 0.3) is 5.56 Å². The number of rotatable bonds is 4. The van der Waals surface area contributed by atoms with Crippen molar-refractivity contribution in [1.29, 1.82) is 0 Å². The number of aromatic nitrogens is 2. The lowest BCUT2D eigenvalue weighted by atomic mass is 10.1. The van der Waals surface area contributed by atoms with Gasteiger partial charge >= 0.3 is 0 Å². The fraction of sp³-hybridized carbons (Fsp3) is 0.667. The van der Waals surface area contributed by atoms with Gasteiger partial charge in [0.2, 0.25) is 0 Å². The molecule has 0 saturated carbocycles. The van der Waals surface area contributed by atoms with E-state index in [1.807, 2.05) is 0 Å². The maximum atomic E-state index is 12.2. The highest BCUT2D eigenvalue weighted by Gasteiger charge is 2.28. The predicted octanol–water partition coefficient (Wildman–Crippen LogP) is 0.436. The molecule has 2 atom stereocenters. The van der Waals surface area contributed by atoms with Crippen LogP contribution in [0.1, 0.15) is 6.92 Å². The van der Waals surface area contributed by atoms with E-state index in [2.05, 4.69) is 32.9 Å². The molecule has 1 aromatic heterocycles. The summed E-state index contributed by atoms with van der Waals surface area (Å²) in [6, 6.07) is 0.142. The van der Waals surface area contributed by atoms with E-state index in [1.165, 1.54) is 4.68 Å². The number of hydrogen-bond donors (Lipinski definition) is 1. The first-order valence-corrected chi connectivity index (χ1v) is 7.09. The van der Waals surface area contributed by atoms with Gasteiger partial charge in [0.15, 0.2) is 0 Å². The molecule has 1 fully saturated rings. The Bertz CT molecular complexity index is 495. The number of nitrogens with two attached hydrogens (primary N) is 1. The summed E-state index contributed by atoms with van der Waals surface area (Å²) in [4.78, 5) is 14.3. The summed E-state index contributed by atoms with van der Waals surface area (Å²) in [7, 11) is 1.60. The summed E-state index contributed by atoms with van der Waals surface area (Å²) in [6.07, 6.45) is 1.71. The Morgan fingerprint density at radius 2 is 2.32 bits per heavy atom. The van der Waals surface area contributed by atoms with Crippen molar-refractivity contribution in [3.8, 4) is 0 Å². The molecule has 0 aliphatic carbocycles. The largest absolute Gasteiger partial charge is 0.383 e. The minimum atomic E-state index is -0.136. The van der Waals surface area contributed by atoms with E-state index in [-0.39, 0.29) is 11.6 Å². The van der Waals surface area contributed by atoms with E-state index < -0.39 is 0 Å². The van der Waals surface area contributed by atoms with Crippen molar-refractivity contribution in [3.05, 3.63) is 21.0 Å². The van der Waals surface area contributed by atoms with Gasteiger partial charge in [-0.15, -0.1) is 0 Å². The van der Waals surface area contributed by atoms with Crippen LogP contribution in [0.2, 0.25) is 0 Å². The van der Waals surface area contributed by atoms with E-state index in [9.17, 15) is 4.79 Å². The van der Waals surface area contributed by atoms with Crippen molar-refractivity contribution in [2.45, 2.75) is 19.5 Å². The summed E-state index contributed by atoms with van der Waals surface area (Å²) in [6.45, 7) is 4.63. The third-order valence-corrected chi connectivity index (χ3v) is 4.23. The zero-order chi connectivity index (χ0) is 14.0. The monoisotopic (exact) mass is 330 g/mol. The number of nitrogens with zero attached hydrogens (tertiary/aromatic N) is 3. The van der Waals surface area contributed by atoms with Gasteiger partial charge in [-0.1, -0.05) is 6.92 Å². The fourth-order valence-electron chi connectivity index (χ4n) is 2.20. The number of methoxy groups -OCH3 is 1. The molecule has 106 valence electrons. The highest BCUT2D eigenvalue weighted by molar-refractivity contribution is 9.10. The first-order valence-electron chi connectivity index (χ1n) is 6.29. The van der Waals surface area contributed by atoms with E-state index in [0.29, 0.717) is 23.5 Å². The molecule has 1 aliphatic rings. The summed E-state index contributed by atoms with van der Waals surface area (Å²) in [5.41, 5.74) is 6.69. The number of ether oxygens (including phenoxy) is 1. The average molecular weight is 331 g/mol. The van der Waals surface area contributed by atoms with Crippen molar-refractivity contribution < 1.29 is 4.74 Å². The van der Waals surface area contributed by atoms with Gasteiger partial charge in [0, 0.05) is 26.2 Å². The lowest BCUT2D eigenvalue weighted by molar-refractivity contribution is 0.181. The van der Waals surface area contributed by atoms with Crippen LogP contribution in [0.5, 0.6) is 0 Å². The smallest absolute Gasteiger partial charge is 0.283 e. The van der Waals surface area contributed by atoms with Crippen LogP contribution < -0.4 is 16.2 Å². The maximum absolute atomic E-state index is 12.2. The van der Waals surface area contributed by atoms with Gasteiger partial charge in [-0.05, 0) is 21.8 Å². The molecule has 7 heteroatoms. The molecule has 0 aromatic carbocycles. The quantitative estimate of drug-likeness (QED) is 0.866. The Morgan fingerprint density at radius 3 is 2.89 bits per heavy atom. The molecule has 2 rings (SSSR count). The van der Waals surface area contributed by atoms with Crippen LogP contribution in [-0.2, 0) is 11.3 Å². The molecule has 1 saturated heterocycles. The van der Waals surface area contributed by atoms with E-state index >= 15 is 0 Å². The van der Waals surface area contributed by atoms with Crippen LogP contribution in [0.4, 0.5) is 5.69 Å². The molecule has 1 aromatic rings. The number of halogens is 1. The third kappa shape index (κ3) is 2.98. The first-order chi connectivity index (χ1) is 9.04. The van der Waals surface area contributed by atoms with E-state index in [4.69, 9.17) is 10.5 Å². The molecular weight excluding hydrogens is 312 g/mol. The van der Waals surface area contributed by atoms with Crippen molar-refractivity contribution >= 4 is 21.6 Å². The Hall–Kier alpha value is -0.920. The second-order valence-electron chi connectivity index (χ2n) is 4.91. The minimum Gasteiger partial charge on any atom is -0.383 e. The Balaban J connectivity index is 2.24. The van der Waals surface area contributed by atoms with E-state index in [0.717, 1.165) is 18.8 Å². The van der Waals surface area contributed by atoms with Gasteiger partial charge in [-0.3, -0.25) is 4.79 Å². The van der Waals surface area contributed by atoms with Crippen molar-refractivity contribution in [3.63, 3.8) is 0 Å². The molecule has 0 amide bonds. The van der Waals surface area contributed by atoms with Crippen LogP contribution in [0.15, 0.2) is 15.5 Å². The lowest BCUT2D eigenvalue weighted by Crippen LogP contribution is -2.31. The summed E-state index contributed by atoms with van der Waals surface area (Å²) >= 11 is 3.38. The molecule has 2 N–H and O–H groups in total. The summed E-state index contributed by atoms with van der Waals surface area (Å²) in [5, 5.41) is 4.18. The molecule has 2 heterocycles. The predicted molar refractivity (Wildman–Crippen MR) is 77.4 cm³/mol. The zero-order valence-electron chi connectivity index (χ0n) is 11.2. The SMILES string of the molecule is COCCn1ncc(N2CC(C)C(N)C2)c(Br)c1=O. The summed E-state index contributed by atoms with van der Waals surface area (Å²) < 4.78 is 6.90. The third-order valence-electron chi connectivity index (χ3n) is 3.48. The molecule has 6 nitrogen and oxygen atoms in total. The van der Waals surface area contributed by atoms with Crippen LogP contribution in [-0.4, -0.2) is 42.6 Å². The molecule has 0 bridgehead atoms. The first kappa shape index (κ1) is 14.5. The maximum Gasteiger partial charge on any atom is 0.283 e. The van der Waals surface area contributed by atoms with Crippen LogP contribution in [0, 0.1) is 5.92 Å².